The highest BCUT2D eigenvalue weighted by Gasteiger charge is 2.51. The molecule has 4 nitrogen and oxygen atoms in total. The second kappa shape index (κ2) is 8.10. The van der Waals surface area contributed by atoms with Crippen molar-refractivity contribution in [1.82, 2.24) is 4.57 Å². The van der Waals surface area contributed by atoms with Gasteiger partial charge in [0.15, 0.2) is 0 Å². The number of nitrogens with zero attached hydrogens (tertiary/aromatic N) is 2. The number of hydrogen-bond donors (Lipinski definition) is 1. The Balaban J connectivity index is 1.79. The first-order chi connectivity index (χ1) is 14.5. The Morgan fingerprint density at radius 1 is 1.03 bits per heavy atom. The molecule has 156 valence electrons. The first-order valence-corrected chi connectivity index (χ1v) is 10.9. The maximum Gasteiger partial charge on any atom is 0.258 e. The number of aryl methyl sites for hydroxylation is 1. The molecule has 1 heterocycles. The lowest BCUT2D eigenvalue weighted by Crippen LogP contribution is -2.47. The van der Waals surface area contributed by atoms with Crippen molar-refractivity contribution in [3.8, 4) is 0 Å². The van der Waals surface area contributed by atoms with Crippen LogP contribution in [0.3, 0.4) is 0 Å². The second-order valence-corrected chi connectivity index (χ2v) is 8.90. The van der Waals surface area contributed by atoms with Gasteiger partial charge in [-0.3, -0.25) is 4.79 Å². The number of rotatable bonds is 6. The maximum atomic E-state index is 13.2. The molecule has 2 aromatic carbocycles. The molecule has 0 bridgehead atoms. The topological polar surface area (TPSA) is 51.9 Å². The predicted molar refractivity (Wildman–Crippen MR) is 119 cm³/mol. The SMILES string of the molecule is CC(C)c1n([C@@H]2CC[C@H](C(C(N)=O)(c3ccccc3)c3ccccc3)C2)cc[n+]1C. The summed E-state index contributed by atoms with van der Waals surface area (Å²) >= 11 is 0. The molecule has 1 amide bonds. The Labute approximate surface area is 179 Å². The van der Waals surface area contributed by atoms with Crippen molar-refractivity contribution in [1.29, 1.82) is 0 Å². The molecule has 1 fully saturated rings. The number of imidazole rings is 1. The van der Waals surface area contributed by atoms with Gasteiger partial charge < -0.3 is 5.73 Å². The number of amides is 1. The van der Waals surface area contributed by atoms with Gasteiger partial charge in [0, 0.05) is 0 Å². The highest BCUT2D eigenvalue weighted by molar-refractivity contribution is 5.91. The smallest absolute Gasteiger partial charge is 0.258 e. The molecule has 2 N–H and O–H groups in total. The van der Waals surface area contributed by atoms with E-state index in [1.165, 1.54) is 5.82 Å². The van der Waals surface area contributed by atoms with Crippen molar-refractivity contribution in [3.63, 3.8) is 0 Å². The normalized spacial score (nSPS) is 19.3. The molecule has 3 aromatic rings. The molecule has 1 aromatic heterocycles. The molecule has 4 rings (SSSR count). The van der Waals surface area contributed by atoms with E-state index in [2.05, 4.69) is 66.7 Å². The molecule has 1 aliphatic carbocycles. The number of hydrogen-bond acceptors (Lipinski definition) is 1. The third-order valence-electron chi connectivity index (χ3n) is 6.85. The van der Waals surface area contributed by atoms with Crippen molar-refractivity contribution in [2.75, 3.05) is 0 Å². The van der Waals surface area contributed by atoms with Crippen LogP contribution in [0.2, 0.25) is 0 Å². The van der Waals surface area contributed by atoms with E-state index in [1.807, 2.05) is 36.4 Å². The van der Waals surface area contributed by atoms with E-state index >= 15 is 0 Å². The Morgan fingerprint density at radius 3 is 2.10 bits per heavy atom. The van der Waals surface area contributed by atoms with Crippen LogP contribution in [0, 0.1) is 5.92 Å². The summed E-state index contributed by atoms with van der Waals surface area (Å²) < 4.78 is 4.64. The lowest BCUT2D eigenvalue weighted by Gasteiger charge is -2.37. The molecule has 4 heteroatoms. The predicted octanol–water partition coefficient (Wildman–Crippen LogP) is 4.25. The first kappa shape index (κ1) is 20.4. The minimum Gasteiger partial charge on any atom is -0.369 e. The lowest BCUT2D eigenvalue weighted by atomic mass is 9.64. The molecule has 0 spiro atoms. The third-order valence-corrected chi connectivity index (χ3v) is 6.85. The third kappa shape index (κ3) is 3.24. The Morgan fingerprint density at radius 2 is 1.60 bits per heavy atom. The van der Waals surface area contributed by atoms with E-state index < -0.39 is 5.41 Å². The summed E-state index contributed by atoms with van der Waals surface area (Å²) in [5, 5.41) is 0. The van der Waals surface area contributed by atoms with Gasteiger partial charge in [-0.2, -0.15) is 0 Å². The van der Waals surface area contributed by atoms with Crippen molar-refractivity contribution in [2.45, 2.75) is 50.5 Å². The summed E-state index contributed by atoms with van der Waals surface area (Å²) in [6.07, 6.45) is 7.28. The van der Waals surface area contributed by atoms with Crippen LogP contribution in [-0.4, -0.2) is 10.5 Å². The highest BCUT2D eigenvalue weighted by Crippen LogP contribution is 2.50. The van der Waals surface area contributed by atoms with E-state index in [0.29, 0.717) is 12.0 Å². The zero-order chi connectivity index (χ0) is 21.3. The van der Waals surface area contributed by atoms with Gasteiger partial charge in [-0.15, -0.1) is 0 Å². The Kier molecular flexibility index (Phi) is 5.50. The van der Waals surface area contributed by atoms with Crippen molar-refractivity contribution in [2.24, 2.45) is 18.7 Å². The largest absolute Gasteiger partial charge is 0.369 e. The molecule has 0 aliphatic heterocycles. The van der Waals surface area contributed by atoms with Crippen LogP contribution >= 0.6 is 0 Å². The second-order valence-electron chi connectivity index (χ2n) is 8.90. The number of aromatic nitrogens is 2. The summed E-state index contributed by atoms with van der Waals surface area (Å²) in [6, 6.07) is 20.6. The first-order valence-electron chi connectivity index (χ1n) is 10.9. The summed E-state index contributed by atoms with van der Waals surface area (Å²) in [5.41, 5.74) is 7.41. The fourth-order valence-electron chi connectivity index (χ4n) is 5.65. The molecule has 2 atom stereocenters. The fourth-order valence-corrected chi connectivity index (χ4v) is 5.65. The lowest BCUT2D eigenvalue weighted by molar-refractivity contribution is -0.680. The van der Waals surface area contributed by atoms with Crippen LogP contribution in [0.25, 0.3) is 0 Å². The van der Waals surface area contributed by atoms with Crippen LogP contribution < -0.4 is 10.3 Å². The van der Waals surface area contributed by atoms with Gasteiger partial charge in [-0.05, 0) is 36.3 Å². The molecule has 30 heavy (non-hydrogen) atoms. The molecule has 0 radical (unpaired) electrons. The molecule has 1 saturated carbocycles. The number of carbonyl (C=O) groups is 1. The van der Waals surface area contributed by atoms with Crippen LogP contribution in [0.1, 0.15) is 62.0 Å². The van der Waals surface area contributed by atoms with E-state index in [4.69, 9.17) is 5.73 Å². The highest BCUT2D eigenvalue weighted by atomic mass is 16.1. The van der Waals surface area contributed by atoms with Gasteiger partial charge in [-0.1, -0.05) is 74.5 Å². The van der Waals surface area contributed by atoms with Gasteiger partial charge in [-0.25, -0.2) is 9.13 Å². The van der Waals surface area contributed by atoms with E-state index in [0.717, 1.165) is 30.4 Å². The maximum absolute atomic E-state index is 13.2. The minimum atomic E-state index is -0.815. The van der Waals surface area contributed by atoms with Crippen LogP contribution in [0.4, 0.5) is 0 Å². The summed E-state index contributed by atoms with van der Waals surface area (Å²) in [7, 11) is 2.11. The standard InChI is InChI=1S/C26H31N3O/c1-19(2)24-28(3)16-17-29(24)23-15-14-22(18-23)26(25(27)30,20-10-6-4-7-11-20)21-12-8-5-9-13-21/h4-13,16-17,19,22-23H,14-15,18H2,1-3H3,(H-,27,30)/p+1/t22-,23+/m0/s1. The molecular weight excluding hydrogens is 370 g/mol. The number of nitrogens with two attached hydrogens (primary N) is 1. The quantitative estimate of drug-likeness (QED) is 0.616. The average molecular weight is 403 g/mol. The summed E-state index contributed by atoms with van der Waals surface area (Å²) in [6.45, 7) is 4.47. The van der Waals surface area contributed by atoms with E-state index in [1.54, 1.807) is 0 Å². The Bertz CT molecular complexity index is 968. The summed E-state index contributed by atoms with van der Waals surface area (Å²) in [5.74, 6) is 1.66. The van der Waals surface area contributed by atoms with Gasteiger partial charge in [0.05, 0.1) is 13.0 Å². The van der Waals surface area contributed by atoms with Crippen LogP contribution in [0.5, 0.6) is 0 Å². The zero-order valence-electron chi connectivity index (χ0n) is 18.2. The van der Waals surface area contributed by atoms with Crippen molar-refractivity contribution < 1.29 is 9.36 Å². The average Bonchev–Trinajstić information content (AvgIpc) is 3.37. The number of benzene rings is 2. The molecular formula is C26H32N3O+. The van der Waals surface area contributed by atoms with Gasteiger partial charge in [0.1, 0.15) is 23.9 Å². The monoisotopic (exact) mass is 402 g/mol. The minimum absolute atomic E-state index is 0.150. The van der Waals surface area contributed by atoms with Gasteiger partial charge in [0.25, 0.3) is 5.82 Å². The molecule has 0 unspecified atom stereocenters. The molecule has 0 saturated heterocycles. The zero-order valence-corrected chi connectivity index (χ0v) is 18.2. The van der Waals surface area contributed by atoms with E-state index in [9.17, 15) is 4.79 Å². The van der Waals surface area contributed by atoms with Crippen LogP contribution in [-0.2, 0) is 17.3 Å². The fraction of sp³-hybridized carbons (Fsp3) is 0.385. The van der Waals surface area contributed by atoms with Gasteiger partial charge in [0.2, 0.25) is 5.91 Å². The molecule has 1 aliphatic rings. The van der Waals surface area contributed by atoms with Crippen molar-refractivity contribution in [3.05, 3.63) is 90.0 Å². The van der Waals surface area contributed by atoms with Crippen LogP contribution in [0.15, 0.2) is 73.1 Å². The van der Waals surface area contributed by atoms with Crippen molar-refractivity contribution >= 4 is 5.91 Å². The Hall–Kier alpha value is -2.88. The number of primary amides is 1. The summed E-state index contributed by atoms with van der Waals surface area (Å²) in [4.78, 5) is 13.2. The van der Waals surface area contributed by atoms with Gasteiger partial charge >= 0.3 is 0 Å². The van der Waals surface area contributed by atoms with E-state index in [-0.39, 0.29) is 11.8 Å². The number of carbonyl (C=O) groups excluding carboxylic acids is 1.